The summed E-state index contributed by atoms with van der Waals surface area (Å²) in [5, 5.41) is 39.5. The number of aromatic amines is 1. The number of hydrogen-bond donors (Lipinski definition) is 7. The third-order valence-electron chi connectivity index (χ3n) is 11.4. The van der Waals surface area contributed by atoms with Crippen molar-refractivity contribution in [3.8, 4) is 28.3 Å². The number of ether oxygens (including phenoxy) is 1. The molecule has 1 aliphatic heterocycles. The van der Waals surface area contributed by atoms with Gasteiger partial charge in [-0.1, -0.05) is 60.7 Å². The molecule has 9 rings (SSSR count). The molecule has 1 aliphatic carbocycles. The average molecular weight is 922 g/mol. The van der Waals surface area contributed by atoms with Crippen LogP contribution in [-0.4, -0.2) is 107 Å². The number of aliphatic carboxylic acids is 1. The standard InChI is InChI=1S/C19H22FN3O4.C18H15NO3.C10H15N5O3/c1-10-8-22(6-5-21-10)16-14(20)7-12-15(18(16)27-2)23(11-3-4-11)9-13(17(12)24)19(25)26;20-16(21)12-11-15-19-17(13-7-3-1-4-8-13)18(22-15)14-9-5-2-6-10-14;11-10-13-8-7(9(18)14-10)12-5-15(8)2-1-6(3-16)4-17/h7,9-11,21H,3-6,8H2,1-2H3,(H,25,26);1-10H,11-12H2,(H,20,21);5-6,16-17H,1-4H2,(H3,11,13,14,18). The Labute approximate surface area is 382 Å². The Morgan fingerprint density at radius 2 is 1.70 bits per heavy atom. The molecule has 4 aromatic heterocycles. The number of aliphatic hydroxyl groups excluding tert-OH is 2. The van der Waals surface area contributed by atoms with Gasteiger partial charge in [0.05, 0.1) is 30.8 Å². The summed E-state index contributed by atoms with van der Waals surface area (Å²) in [6.07, 6.45) is 5.51. The van der Waals surface area contributed by atoms with Gasteiger partial charge in [-0.3, -0.25) is 14.4 Å². The number of aromatic carboxylic acids is 1. The predicted octanol–water partition coefficient (Wildman–Crippen LogP) is 4.70. The molecule has 0 amide bonds. The van der Waals surface area contributed by atoms with E-state index in [0.717, 1.165) is 42.3 Å². The fraction of sp³-hybridized carbons (Fsp3) is 0.340. The summed E-state index contributed by atoms with van der Waals surface area (Å²) in [6, 6.07) is 20.9. The quantitative estimate of drug-likeness (QED) is 0.0779. The number of nitrogen functional groups attached to an aromatic ring is 1. The molecule has 0 radical (unpaired) electrons. The SMILES string of the molecule is COc1c(N2CCNC(C)C2)c(F)cc2c(=O)c(C(=O)O)cn(C3CC3)c12.Nc1nc(=O)c2ncn(CCC(CO)CO)c2[nH]1.O=C(O)CCc1nc(-c2ccccc2)c(-c2ccccc2)o1. The Bertz CT molecular complexity index is 2910. The van der Waals surface area contributed by atoms with Crippen LogP contribution < -0.4 is 31.7 Å². The second kappa shape index (κ2) is 21.3. The summed E-state index contributed by atoms with van der Waals surface area (Å²) in [6.45, 7) is 4.32. The molecule has 1 saturated carbocycles. The van der Waals surface area contributed by atoms with Gasteiger partial charge >= 0.3 is 17.5 Å². The summed E-state index contributed by atoms with van der Waals surface area (Å²) < 4.78 is 30.0. The number of carbonyl (C=O) groups is 2. The zero-order valence-corrected chi connectivity index (χ0v) is 36.9. The second-order valence-corrected chi connectivity index (χ2v) is 16.2. The number of halogens is 1. The second-order valence-electron chi connectivity index (χ2n) is 16.2. The van der Waals surface area contributed by atoms with E-state index in [2.05, 4.69) is 25.3 Å². The number of aromatic nitrogens is 6. The Morgan fingerprint density at radius 1 is 1.01 bits per heavy atom. The van der Waals surface area contributed by atoms with Crippen LogP contribution in [-0.2, 0) is 17.8 Å². The van der Waals surface area contributed by atoms with Crippen molar-refractivity contribution in [2.75, 3.05) is 50.6 Å². The summed E-state index contributed by atoms with van der Waals surface area (Å²) in [4.78, 5) is 63.1. The molecule has 0 spiro atoms. The Balaban J connectivity index is 0.000000152. The number of rotatable bonds is 14. The summed E-state index contributed by atoms with van der Waals surface area (Å²) in [7, 11) is 1.45. The van der Waals surface area contributed by atoms with Gasteiger partial charge in [0.15, 0.2) is 28.7 Å². The van der Waals surface area contributed by atoms with Gasteiger partial charge in [-0.2, -0.15) is 4.98 Å². The number of benzene rings is 3. The Kier molecular flexibility index (Phi) is 15.1. The molecule has 2 aliphatic rings. The Hall–Kier alpha value is -7.42. The number of methoxy groups -OCH3 is 1. The van der Waals surface area contributed by atoms with Crippen LogP contribution >= 0.6 is 0 Å². The van der Waals surface area contributed by atoms with Crippen LogP contribution in [0.2, 0.25) is 0 Å². The molecule has 19 nitrogen and oxygen atoms in total. The molecule has 67 heavy (non-hydrogen) atoms. The molecular formula is C47H52FN9O10. The predicted molar refractivity (Wildman–Crippen MR) is 248 cm³/mol. The van der Waals surface area contributed by atoms with Crippen molar-refractivity contribution in [3.63, 3.8) is 0 Å². The third kappa shape index (κ3) is 11.0. The smallest absolute Gasteiger partial charge is 0.341 e. The van der Waals surface area contributed by atoms with Crippen LogP contribution in [0.1, 0.15) is 54.9 Å². The van der Waals surface area contributed by atoms with Gasteiger partial charge in [-0.25, -0.2) is 19.2 Å². The molecule has 8 N–H and O–H groups in total. The normalized spacial score (nSPS) is 14.7. The highest BCUT2D eigenvalue weighted by molar-refractivity contribution is 5.97. The largest absolute Gasteiger partial charge is 0.492 e. The molecular weight excluding hydrogens is 870 g/mol. The number of nitrogens with one attached hydrogen (secondary N) is 2. The van der Waals surface area contributed by atoms with E-state index in [1.807, 2.05) is 72.5 Å². The van der Waals surface area contributed by atoms with Gasteiger partial charge in [0, 0.05) is 81.1 Å². The van der Waals surface area contributed by atoms with Crippen molar-refractivity contribution in [2.24, 2.45) is 5.92 Å². The van der Waals surface area contributed by atoms with Gasteiger partial charge in [0.1, 0.15) is 22.6 Å². The first-order valence-electron chi connectivity index (χ1n) is 21.7. The zero-order valence-electron chi connectivity index (χ0n) is 36.9. The molecule has 1 saturated heterocycles. The fourth-order valence-corrected chi connectivity index (χ4v) is 7.83. The first kappa shape index (κ1) is 47.5. The number of aryl methyl sites for hydroxylation is 2. The van der Waals surface area contributed by atoms with Gasteiger partial charge in [0.25, 0.3) is 0 Å². The zero-order chi connectivity index (χ0) is 47.8. The van der Waals surface area contributed by atoms with E-state index >= 15 is 4.39 Å². The van der Waals surface area contributed by atoms with Crippen molar-refractivity contribution < 1.29 is 43.6 Å². The molecule has 7 aromatic rings. The van der Waals surface area contributed by atoms with Crippen molar-refractivity contribution >= 4 is 45.6 Å². The number of aliphatic hydroxyl groups is 2. The number of anilines is 2. The lowest BCUT2D eigenvalue weighted by Gasteiger charge is -2.35. The number of carboxylic acids is 2. The number of oxazole rings is 1. The van der Waals surface area contributed by atoms with E-state index in [9.17, 15) is 24.3 Å². The monoisotopic (exact) mass is 921 g/mol. The summed E-state index contributed by atoms with van der Waals surface area (Å²) in [5.74, 6) is -1.48. The maximum Gasteiger partial charge on any atom is 0.341 e. The lowest BCUT2D eigenvalue weighted by Crippen LogP contribution is -2.49. The van der Waals surface area contributed by atoms with E-state index in [4.69, 9.17) is 30.2 Å². The minimum atomic E-state index is -1.31. The Morgan fingerprint density at radius 3 is 2.31 bits per heavy atom. The van der Waals surface area contributed by atoms with Gasteiger partial charge in [-0.15, -0.1) is 0 Å². The molecule has 1 unspecified atom stereocenters. The lowest BCUT2D eigenvalue weighted by molar-refractivity contribution is -0.137. The lowest BCUT2D eigenvalue weighted by atomic mass is 10.1. The molecule has 20 heteroatoms. The van der Waals surface area contributed by atoms with E-state index in [0.29, 0.717) is 60.3 Å². The van der Waals surface area contributed by atoms with E-state index in [1.165, 1.54) is 19.6 Å². The van der Waals surface area contributed by atoms with Crippen molar-refractivity contribution in [1.82, 2.24) is 34.4 Å². The highest BCUT2D eigenvalue weighted by Crippen LogP contribution is 2.44. The van der Waals surface area contributed by atoms with Crippen LogP contribution in [0, 0.1) is 11.7 Å². The first-order valence-corrected chi connectivity index (χ1v) is 21.7. The fourth-order valence-electron chi connectivity index (χ4n) is 7.83. The number of pyridine rings is 1. The number of nitrogens with zero attached hydrogens (tertiary/aromatic N) is 6. The van der Waals surface area contributed by atoms with Crippen molar-refractivity contribution in [1.29, 1.82) is 0 Å². The van der Waals surface area contributed by atoms with E-state index in [-0.39, 0.29) is 66.5 Å². The highest BCUT2D eigenvalue weighted by Gasteiger charge is 2.32. The number of fused-ring (bicyclic) bond motifs is 2. The number of nitrogens with two attached hydrogens (primary N) is 1. The minimum Gasteiger partial charge on any atom is -0.492 e. The number of imidazole rings is 1. The van der Waals surface area contributed by atoms with Gasteiger partial charge in [0.2, 0.25) is 11.4 Å². The summed E-state index contributed by atoms with van der Waals surface area (Å²) >= 11 is 0. The molecule has 1 atom stereocenters. The van der Waals surface area contributed by atoms with Crippen molar-refractivity contribution in [2.45, 2.75) is 57.7 Å². The molecule has 352 valence electrons. The van der Waals surface area contributed by atoms with Crippen molar-refractivity contribution in [3.05, 3.63) is 117 Å². The molecule has 3 aromatic carbocycles. The topological polar surface area (TPSA) is 277 Å². The third-order valence-corrected chi connectivity index (χ3v) is 11.4. The van der Waals surface area contributed by atoms with Crippen LogP contribution in [0.3, 0.4) is 0 Å². The van der Waals surface area contributed by atoms with E-state index in [1.54, 1.807) is 9.13 Å². The molecule has 5 heterocycles. The van der Waals surface area contributed by atoms with Gasteiger partial charge in [-0.05, 0) is 32.3 Å². The molecule has 2 fully saturated rings. The van der Waals surface area contributed by atoms with E-state index < -0.39 is 28.7 Å². The van der Waals surface area contributed by atoms with Crippen LogP contribution in [0.25, 0.3) is 44.6 Å². The maximum atomic E-state index is 15.1. The average Bonchev–Trinajstić information content (AvgIpc) is 3.95. The maximum absolute atomic E-state index is 15.1. The number of H-pyrrole nitrogens is 1. The number of piperazine rings is 1. The van der Waals surface area contributed by atoms with Crippen LogP contribution in [0.15, 0.2) is 93.3 Å². The minimum absolute atomic E-state index is 0.00295. The highest BCUT2D eigenvalue weighted by atomic mass is 19.1. The summed E-state index contributed by atoms with van der Waals surface area (Å²) in [5.41, 5.74) is 8.12. The first-order chi connectivity index (χ1) is 32.3. The van der Waals surface area contributed by atoms with Crippen LogP contribution in [0.5, 0.6) is 5.75 Å². The molecule has 0 bridgehead atoms. The number of carboxylic acid groups (broad SMARTS) is 2. The number of hydrogen-bond acceptors (Lipinski definition) is 14. The van der Waals surface area contributed by atoms with Gasteiger partial charge < -0.3 is 59.6 Å². The van der Waals surface area contributed by atoms with Crippen LogP contribution in [0.4, 0.5) is 16.0 Å².